The highest BCUT2D eigenvalue weighted by atomic mass is 32.2. The minimum absolute atomic E-state index is 0.303. The Bertz CT molecular complexity index is 1090. The molecule has 0 atom stereocenters. The van der Waals surface area contributed by atoms with Crippen molar-refractivity contribution in [2.24, 2.45) is 14.1 Å². The first kappa shape index (κ1) is 19.2. The van der Waals surface area contributed by atoms with E-state index in [1.807, 2.05) is 29.7 Å². The van der Waals surface area contributed by atoms with Gasteiger partial charge in [-0.25, -0.2) is 9.78 Å². The highest BCUT2D eigenvalue weighted by Gasteiger charge is 2.19. The molecule has 0 unspecified atom stereocenters. The molecule has 142 valence electrons. The van der Waals surface area contributed by atoms with E-state index >= 15 is 0 Å². The van der Waals surface area contributed by atoms with Crippen molar-refractivity contribution < 1.29 is 0 Å². The van der Waals surface area contributed by atoms with Crippen molar-refractivity contribution in [3.63, 3.8) is 0 Å². The molecule has 2 aromatic heterocycles. The highest BCUT2D eigenvalue weighted by molar-refractivity contribution is 7.99. The lowest BCUT2D eigenvalue weighted by Crippen LogP contribution is -2.37. The number of aromatic nitrogens is 4. The quantitative estimate of drug-likeness (QED) is 0.464. The summed E-state index contributed by atoms with van der Waals surface area (Å²) in [6.45, 7) is 6.57. The van der Waals surface area contributed by atoms with Crippen LogP contribution in [0.5, 0.6) is 0 Å². The summed E-state index contributed by atoms with van der Waals surface area (Å²) in [6, 6.07) is 10.3. The Labute approximate surface area is 162 Å². The van der Waals surface area contributed by atoms with Crippen molar-refractivity contribution >= 4 is 22.9 Å². The van der Waals surface area contributed by atoms with Gasteiger partial charge in [0.25, 0.3) is 5.56 Å². The molecule has 0 fully saturated rings. The first-order valence-electron chi connectivity index (χ1n) is 8.87. The molecule has 0 aliphatic heterocycles. The van der Waals surface area contributed by atoms with Gasteiger partial charge >= 0.3 is 5.69 Å². The van der Waals surface area contributed by atoms with Gasteiger partial charge in [0, 0.05) is 26.4 Å². The normalized spacial score (nSPS) is 11.2. The fourth-order valence-electron chi connectivity index (χ4n) is 3.02. The first-order valence-corrected chi connectivity index (χ1v) is 9.86. The van der Waals surface area contributed by atoms with Crippen molar-refractivity contribution in [1.82, 2.24) is 18.7 Å². The Hall–Kier alpha value is -2.54. The summed E-state index contributed by atoms with van der Waals surface area (Å²) in [4.78, 5) is 29.6. The summed E-state index contributed by atoms with van der Waals surface area (Å²) in [5.74, 6) is 0.719. The molecular formula is C20H24N4O2S. The van der Waals surface area contributed by atoms with E-state index in [9.17, 15) is 9.59 Å². The average molecular weight is 385 g/mol. The number of nitrogens with zero attached hydrogens (tertiary/aromatic N) is 4. The SMILES string of the molecule is C=C(C)CSc1nc2c(c(=O)n(C)c(=O)n2C)n1CCCc1ccccc1. The van der Waals surface area contributed by atoms with Gasteiger partial charge in [0.15, 0.2) is 16.3 Å². The molecule has 2 heterocycles. The molecule has 3 rings (SSSR count). The van der Waals surface area contributed by atoms with E-state index in [-0.39, 0.29) is 11.2 Å². The van der Waals surface area contributed by atoms with E-state index in [4.69, 9.17) is 0 Å². The third-order valence-electron chi connectivity index (χ3n) is 4.45. The third kappa shape index (κ3) is 3.93. The minimum atomic E-state index is -0.363. The van der Waals surface area contributed by atoms with Gasteiger partial charge in [0.1, 0.15) is 0 Å². The van der Waals surface area contributed by atoms with Crippen LogP contribution in [-0.4, -0.2) is 24.4 Å². The van der Waals surface area contributed by atoms with Gasteiger partial charge in [-0.1, -0.05) is 54.2 Å². The molecule has 0 saturated heterocycles. The summed E-state index contributed by atoms with van der Waals surface area (Å²) in [5, 5.41) is 0.749. The van der Waals surface area contributed by atoms with E-state index in [1.54, 1.807) is 18.8 Å². The fourth-order valence-corrected chi connectivity index (χ4v) is 3.88. The van der Waals surface area contributed by atoms with Crippen LogP contribution in [0.25, 0.3) is 11.2 Å². The zero-order valence-electron chi connectivity index (χ0n) is 15.9. The number of thioether (sulfide) groups is 1. The average Bonchev–Trinajstić information content (AvgIpc) is 3.02. The predicted octanol–water partition coefficient (Wildman–Crippen LogP) is 2.73. The molecular weight excluding hydrogens is 360 g/mol. The Kier molecular flexibility index (Phi) is 5.70. The number of rotatable bonds is 7. The number of benzene rings is 1. The monoisotopic (exact) mass is 384 g/mol. The highest BCUT2D eigenvalue weighted by Crippen LogP contribution is 2.23. The fraction of sp³-hybridized carbons (Fsp3) is 0.350. The van der Waals surface area contributed by atoms with Crippen LogP contribution in [0.3, 0.4) is 0 Å². The summed E-state index contributed by atoms with van der Waals surface area (Å²) in [7, 11) is 3.16. The van der Waals surface area contributed by atoms with E-state index in [2.05, 4.69) is 23.7 Å². The minimum Gasteiger partial charge on any atom is -0.313 e. The lowest BCUT2D eigenvalue weighted by Gasteiger charge is -2.09. The molecule has 7 heteroatoms. The Morgan fingerprint density at radius 1 is 1.15 bits per heavy atom. The second-order valence-corrected chi connectivity index (χ2v) is 7.70. The third-order valence-corrected chi connectivity index (χ3v) is 5.66. The van der Waals surface area contributed by atoms with Gasteiger partial charge in [-0.3, -0.25) is 13.9 Å². The lowest BCUT2D eigenvalue weighted by molar-refractivity contribution is 0.606. The van der Waals surface area contributed by atoms with Crippen LogP contribution in [0.2, 0.25) is 0 Å². The van der Waals surface area contributed by atoms with Crippen molar-refractivity contribution in [2.45, 2.75) is 31.5 Å². The number of imidazole rings is 1. The maximum absolute atomic E-state index is 12.8. The van der Waals surface area contributed by atoms with Gasteiger partial charge in [0.2, 0.25) is 0 Å². The molecule has 0 aliphatic rings. The van der Waals surface area contributed by atoms with Crippen LogP contribution >= 0.6 is 11.8 Å². The van der Waals surface area contributed by atoms with Gasteiger partial charge in [-0.15, -0.1) is 0 Å². The van der Waals surface area contributed by atoms with Crippen LogP contribution in [0.1, 0.15) is 18.9 Å². The Morgan fingerprint density at radius 3 is 2.52 bits per heavy atom. The number of hydrogen-bond donors (Lipinski definition) is 0. The molecule has 27 heavy (non-hydrogen) atoms. The summed E-state index contributed by atoms with van der Waals surface area (Å²) in [5.41, 5.74) is 2.55. The molecule has 0 aliphatic carbocycles. The summed E-state index contributed by atoms with van der Waals surface area (Å²) in [6.07, 6.45) is 1.79. The van der Waals surface area contributed by atoms with E-state index < -0.39 is 0 Å². The first-order chi connectivity index (χ1) is 12.9. The largest absolute Gasteiger partial charge is 0.332 e. The van der Waals surface area contributed by atoms with Crippen molar-refractivity contribution in [2.75, 3.05) is 5.75 Å². The molecule has 3 aromatic rings. The van der Waals surface area contributed by atoms with Crippen LogP contribution in [-0.2, 0) is 27.1 Å². The lowest BCUT2D eigenvalue weighted by atomic mass is 10.1. The van der Waals surface area contributed by atoms with Crippen molar-refractivity contribution in [3.8, 4) is 0 Å². The van der Waals surface area contributed by atoms with E-state index in [1.165, 1.54) is 17.2 Å². The van der Waals surface area contributed by atoms with Crippen LogP contribution in [0, 0.1) is 0 Å². The molecule has 0 radical (unpaired) electrons. The van der Waals surface area contributed by atoms with Crippen molar-refractivity contribution in [3.05, 3.63) is 68.9 Å². The molecule has 0 saturated carbocycles. The van der Waals surface area contributed by atoms with E-state index in [0.29, 0.717) is 17.7 Å². The smallest absolute Gasteiger partial charge is 0.313 e. The van der Waals surface area contributed by atoms with Gasteiger partial charge in [-0.05, 0) is 25.3 Å². The molecule has 0 amide bonds. The second-order valence-electron chi connectivity index (χ2n) is 6.76. The second kappa shape index (κ2) is 8.00. The topological polar surface area (TPSA) is 61.8 Å². The van der Waals surface area contributed by atoms with Gasteiger partial charge in [0.05, 0.1) is 0 Å². The number of hydrogen-bond acceptors (Lipinski definition) is 4. The Morgan fingerprint density at radius 2 is 1.85 bits per heavy atom. The van der Waals surface area contributed by atoms with Crippen LogP contribution in [0.15, 0.2) is 57.2 Å². The molecule has 0 bridgehead atoms. The molecule has 0 spiro atoms. The zero-order valence-corrected chi connectivity index (χ0v) is 16.8. The molecule has 1 aromatic carbocycles. The number of aryl methyl sites for hydroxylation is 3. The predicted molar refractivity (Wildman–Crippen MR) is 111 cm³/mol. The van der Waals surface area contributed by atoms with Crippen LogP contribution < -0.4 is 11.2 Å². The maximum atomic E-state index is 12.8. The Balaban J connectivity index is 2.01. The maximum Gasteiger partial charge on any atom is 0.332 e. The van der Waals surface area contributed by atoms with Crippen molar-refractivity contribution in [1.29, 1.82) is 0 Å². The summed E-state index contributed by atoms with van der Waals surface area (Å²) >= 11 is 1.55. The standard InChI is InChI=1S/C20H24N4O2S/c1-14(2)13-27-19-21-17-16(18(25)23(4)20(26)22(17)3)24(19)12-8-11-15-9-6-5-7-10-15/h5-7,9-10H,1,8,11-13H2,2-4H3. The van der Waals surface area contributed by atoms with Gasteiger partial charge < -0.3 is 4.57 Å². The molecule has 0 N–H and O–H groups in total. The van der Waals surface area contributed by atoms with Crippen LogP contribution in [0.4, 0.5) is 0 Å². The van der Waals surface area contributed by atoms with E-state index in [0.717, 1.165) is 33.9 Å². The summed E-state index contributed by atoms with van der Waals surface area (Å²) < 4.78 is 4.54. The number of fused-ring (bicyclic) bond motifs is 1. The van der Waals surface area contributed by atoms with Gasteiger partial charge in [-0.2, -0.15) is 0 Å². The molecule has 6 nitrogen and oxygen atoms in total. The zero-order chi connectivity index (χ0) is 19.6.